The quantitative estimate of drug-likeness (QED) is 0.608. The van der Waals surface area contributed by atoms with Gasteiger partial charge in [0.05, 0.1) is 5.66 Å². The number of carbonyl (C=O) groups excluding carboxylic acids is 1. The fraction of sp³-hybridized carbons (Fsp3) is 0.923. The van der Waals surface area contributed by atoms with Crippen LogP contribution in [0.4, 0.5) is 0 Å². The van der Waals surface area contributed by atoms with Crippen LogP contribution in [0.1, 0.15) is 45.4 Å². The molecule has 0 aliphatic heterocycles. The molecule has 4 heteroatoms. The van der Waals surface area contributed by atoms with E-state index in [1.165, 1.54) is 0 Å². The van der Waals surface area contributed by atoms with E-state index in [0.717, 1.165) is 25.7 Å². The Labute approximate surface area is 105 Å². The fourth-order valence-electron chi connectivity index (χ4n) is 2.99. The van der Waals surface area contributed by atoms with Gasteiger partial charge in [-0.3, -0.25) is 4.79 Å². The van der Waals surface area contributed by atoms with E-state index in [1.807, 2.05) is 28.1 Å². The van der Waals surface area contributed by atoms with Crippen molar-refractivity contribution in [3.63, 3.8) is 0 Å². The lowest BCUT2D eigenvalue weighted by molar-refractivity contribution is -0.120. The summed E-state index contributed by atoms with van der Waals surface area (Å²) in [5.74, 6) is 0.349. The molecule has 1 atom stereocenters. The fourth-order valence-corrected chi connectivity index (χ4v) is 2.99. The van der Waals surface area contributed by atoms with Gasteiger partial charge >= 0.3 is 0 Å². The lowest BCUT2D eigenvalue weighted by Gasteiger charge is -2.48. The normalized spacial score (nSPS) is 28.0. The Kier molecular flexibility index (Phi) is 5.10. The van der Waals surface area contributed by atoms with Gasteiger partial charge in [0.1, 0.15) is 5.78 Å². The molecule has 0 aromatic carbocycles. The third-order valence-electron chi connectivity index (χ3n) is 4.32. The van der Waals surface area contributed by atoms with Crippen molar-refractivity contribution >= 4 is 5.78 Å². The van der Waals surface area contributed by atoms with Crippen molar-refractivity contribution < 1.29 is 4.79 Å². The molecule has 0 amide bonds. The highest BCUT2D eigenvalue weighted by Gasteiger charge is 2.43. The van der Waals surface area contributed by atoms with Gasteiger partial charge in [-0.1, -0.05) is 6.92 Å². The number of hydrogen-bond acceptors (Lipinski definition) is 4. The van der Waals surface area contributed by atoms with Crippen molar-refractivity contribution in [1.29, 1.82) is 0 Å². The number of ketones is 1. The number of nitrogens with one attached hydrogen (secondary N) is 3. The van der Waals surface area contributed by atoms with Crippen LogP contribution in [0.2, 0.25) is 0 Å². The summed E-state index contributed by atoms with van der Waals surface area (Å²) in [6.07, 6.45) is 5.57. The molecule has 0 aromatic heterocycles. The van der Waals surface area contributed by atoms with Crippen LogP contribution < -0.4 is 16.0 Å². The summed E-state index contributed by atoms with van der Waals surface area (Å²) in [6, 6.07) is 0. The minimum Gasteiger partial charge on any atom is -0.314 e. The van der Waals surface area contributed by atoms with Gasteiger partial charge in [0, 0.05) is 18.4 Å². The second-order valence-corrected chi connectivity index (χ2v) is 5.21. The first kappa shape index (κ1) is 14.6. The second kappa shape index (κ2) is 5.94. The molecule has 1 fully saturated rings. The molecule has 0 spiro atoms. The molecule has 0 radical (unpaired) electrons. The van der Waals surface area contributed by atoms with Crippen LogP contribution in [0.25, 0.3) is 0 Å². The molecule has 3 N–H and O–H groups in total. The summed E-state index contributed by atoms with van der Waals surface area (Å²) in [4.78, 5) is 11.8. The summed E-state index contributed by atoms with van der Waals surface area (Å²) in [5.41, 5.74) is -0.0767. The van der Waals surface area contributed by atoms with E-state index in [-0.39, 0.29) is 11.2 Å². The Morgan fingerprint density at radius 3 is 2.24 bits per heavy atom. The van der Waals surface area contributed by atoms with E-state index in [0.29, 0.717) is 18.6 Å². The van der Waals surface area contributed by atoms with Crippen LogP contribution in [-0.4, -0.2) is 38.1 Å². The summed E-state index contributed by atoms with van der Waals surface area (Å²) < 4.78 is 0. The molecule has 17 heavy (non-hydrogen) atoms. The van der Waals surface area contributed by atoms with Crippen LogP contribution >= 0.6 is 0 Å². The molecular weight excluding hydrogens is 214 g/mol. The lowest BCUT2D eigenvalue weighted by Crippen LogP contribution is -2.64. The SMILES string of the molecule is CCC(=O)CC1(NC)CCCC(NC)(NC)C1. The minimum atomic E-state index is -0.0443. The van der Waals surface area contributed by atoms with Crippen LogP contribution in [0.5, 0.6) is 0 Å². The van der Waals surface area contributed by atoms with Crippen LogP contribution in [0, 0.1) is 0 Å². The van der Waals surface area contributed by atoms with E-state index in [4.69, 9.17) is 0 Å². The van der Waals surface area contributed by atoms with Gasteiger partial charge < -0.3 is 16.0 Å². The first-order valence-electron chi connectivity index (χ1n) is 6.64. The van der Waals surface area contributed by atoms with Gasteiger partial charge in [-0.15, -0.1) is 0 Å². The van der Waals surface area contributed by atoms with Crippen LogP contribution in [0.3, 0.4) is 0 Å². The summed E-state index contributed by atoms with van der Waals surface area (Å²) >= 11 is 0. The van der Waals surface area contributed by atoms with Gasteiger partial charge in [-0.25, -0.2) is 0 Å². The standard InChI is InChI=1S/C13H27N3O/c1-5-11(17)9-12(14-2)7-6-8-13(10-12,15-3)16-4/h14-16H,5-10H2,1-4H3. The van der Waals surface area contributed by atoms with Crippen molar-refractivity contribution in [2.45, 2.75) is 56.7 Å². The van der Waals surface area contributed by atoms with Gasteiger partial charge in [0.15, 0.2) is 0 Å². The second-order valence-electron chi connectivity index (χ2n) is 5.21. The Morgan fingerprint density at radius 1 is 1.12 bits per heavy atom. The van der Waals surface area contributed by atoms with Crippen molar-refractivity contribution in [2.24, 2.45) is 0 Å². The van der Waals surface area contributed by atoms with Gasteiger partial charge in [-0.2, -0.15) is 0 Å². The number of Topliss-reactive ketones (excluding diaryl/α,β-unsaturated/α-hetero) is 1. The molecule has 1 unspecified atom stereocenters. The third kappa shape index (κ3) is 3.27. The van der Waals surface area contributed by atoms with E-state index < -0.39 is 0 Å². The topological polar surface area (TPSA) is 53.2 Å². The smallest absolute Gasteiger partial charge is 0.134 e. The molecule has 0 saturated heterocycles. The molecule has 0 bridgehead atoms. The van der Waals surface area contributed by atoms with Crippen molar-refractivity contribution in [2.75, 3.05) is 21.1 Å². The maximum absolute atomic E-state index is 11.8. The average Bonchev–Trinajstić information content (AvgIpc) is 2.38. The van der Waals surface area contributed by atoms with Gasteiger partial charge in [0.25, 0.3) is 0 Å². The molecule has 1 aliphatic carbocycles. The average molecular weight is 241 g/mol. The monoisotopic (exact) mass is 241 g/mol. The first-order valence-corrected chi connectivity index (χ1v) is 6.64. The Morgan fingerprint density at radius 2 is 1.76 bits per heavy atom. The van der Waals surface area contributed by atoms with E-state index in [1.54, 1.807) is 0 Å². The predicted molar refractivity (Wildman–Crippen MR) is 71.0 cm³/mol. The first-order chi connectivity index (χ1) is 8.05. The zero-order valence-electron chi connectivity index (χ0n) is 11.7. The minimum absolute atomic E-state index is 0.0325. The summed E-state index contributed by atoms with van der Waals surface area (Å²) in [6.45, 7) is 1.94. The molecule has 4 nitrogen and oxygen atoms in total. The maximum Gasteiger partial charge on any atom is 0.134 e. The summed E-state index contributed by atoms with van der Waals surface area (Å²) in [7, 11) is 5.96. The van der Waals surface area contributed by atoms with Crippen LogP contribution in [-0.2, 0) is 4.79 Å². The predicted octanol–water partition coefficient (Wildman–Crippen LogP) is 1.02. The largest absolute Gasteiger partial charge is 0.314 e. The molecule has 1 rings (SSSR count). The van der Waals surface area contributed by atoms with Crippen molar-refractivity contribution in [3.8, 4) is 0 Å². The molecular formula is C13H27N3O. The maximum atomic E-state index is 11.8. The molecule has 1 saturated carbocycles. The number of carbonyl (C=O) groups is 1. The Bertz CT molecular complexity index is 263. The molecule has 1 aliphatic rings. The van der Waals surface area contributed by atoms with E-state index in [2.05, 4.69) is 16.0 Å². The van der Waals surface area contributed by atoms with E-state index >= 15 is 0 Å². The number of rotatable bonds is 6. The molecule has 100 valence electrons. The van der Waals surface area contributed by atoms with E-state index in [9.17, 15) is 4.79 Å². The number of hydrogen-bond donors (Lipinski definition) is 3. The Hall–Kier alpha value is -0.450. The highest BCUT2D eigenvalue weighted by atomic mass is 16.1. The molecule has 0 heterocycles. The van der Waals surface area contributed by atoms with Gasteiger partial charge in [0.2, 0.25) is 0 Å². The highest BCUT2D eigenvalue weighted by molar-refractivity contribution is 5.79. The highest BCUT2D eigenvalue weighted by Crippen LogP contribution is 2.36. The third-order valence-corrected chi connectivity index (χ3v) is 4.32. The Balaban J connectivity index is 2.81. The van der Waals surface area contributed by atoms with Crippen LogP contribution in [0.15, 0.2) is 0 Å². The lowest BCUT2D eigenvalue weighted by atomic mass is 9.72. The zero-order valence-corrected chi connectivity index (χ0v) is 11.7. The molecule has 0 aromatic rings. The van der Waals surface area contributed by atoms with Crippen molar-refractivity contribution in [1.82, 2.24) is 16.0 Å². The zero-order chi connectivity index (χ0) is 12.9. The van der Waals surface area contributed by atoms with Gasteiger partial charge in [-0.05, 0) is 46.8 Å². The summed E-state index contributed by atoms with van der Waals surface area (Å²) in [5, 5.41) is 10.2. The van der Waals surface area contributed by atoms with Crippen molar-refractivity contribution in [3.05, 3.63) is 0 Å².